The Hall–Kier alpha value is -2.76. The number of hydrogen-bond acceptors (Lipinski definition) is 9. The van der Waals surface area contributed by atoms with Crippen LogP contribution in [0.15, 0.2) is 23.0 Å². The smallest absolute Gasteiger partial charge is 0.283 e. The van der Waals surface area contributed by atoms with Gasteiger partial charge >= 0.3 is 0 Å². The highest BCUT2D eigenvalue weighted by molar-refractivity contribution is 5.76. The molecular weight excluding hydrogens is 358 g/mol. The Balaban J connectivity index is 1.63. The van der Waals surface area contributed by atoms with E-state index in [4.69, 9.17) is 9.47 Å². The highest BCUT2D eigenvalue weighted by atomic mass is 16.5. The lowest BCUT2D eigenvalue weighted by Gasteiger charge is -2.36. The number of hydrogen-bond donors (Lipinski definition) is 3. The zero-order chi connectivity index (χ0) is 18.7. The molecule has 0 aliphatic carbocycles. The van der Waals surface area contributed by atoms with Crippen LogP contribution in [0.5, 0.6) is 0 Å². The standard InChI is InChI=1S/C16H17N5O6/c22-3-7-5-26-11-1-8(7)21-15(25)13-14(19-16(21)18-11)20(6-17-13)12-2-9(24)10(4-23)27-12/h3,5-6,8-12,23-24H,1-2,4H2,(H,18,19)/t8?,9-,10+,11?,12+/m0/s1. The molecule has 3 aliphatic heterocycles. The van der Waals surface area contributed by atoms with Crippen molar-refractivity contribution in [2.75, 3.05) is 11.9 Å². The SMILES string of the molecule is O=CC1=COC2CC1n1c(nc3c(ncn3[C@H]3C[C@H](O)[C@@H](CO)O3)c1=O)N2. The average molecular weight is 375 g/mol. The molecule has 3 N–H and O–H groups in total. The van der Waals surface area contributed by atoms with E-state index in [-0.39, 0.29) is 36.3 Å². The van der Waals surface area contributed by atoms with Gasteiger partial charge in [-0.3, -0.25) is 18.7 Å². The van der Waals surface area contributed by atoms with Crippen molar-refractivity contribution in [2.45, 2.75) is 43.5 Å². The molecule has 0 saturated carbocycles. The van der Waals surface area contributed by atoms with E-state index >= 15 is 0 Å². The summed E-state index contributed by atoms with van der Waals surface area (Å²) in [6.07, 6.45) is 1.65. The highest BCUT2D eigenvalue weighted by Crippen LogP contribution is 2.35. The van der Waals surface area contributed by atoms with Crippen LogP contribution in [0.25, 0.3) is 11.2 Å². The second kappa shape index (κ2) is 5.87. The molecule has 1 fully saturated rings. The van der Waals surface area contributed by atoms with Crippen LogP contribution in [0.1, 0.15) is 25.1 Å². The van der Waals surface area contributed by atoms with Crippen molar-refractivity contribution in [3.63, 3.8) is 0 Å². The summed E-state index contributed by atoms with van der Waals surface area (Å²) in [5.41, 5.74) is 0.425. The molecule has 2 bridgehead atoms. The van der Waals surface area contributed by atoms with Crippen molar-refractivity contribution in [2.24, 2.45) is 0 Å². The van der Waals surface area contributed by atoms with E-state index < -0.39 is 24.5 Å². The molecule has 0 aromatic carbocycles. The van der Waals surface area contributed by atoms with Crippen LogP contribution in [0.2, 0.25) is 0 Å². The number of aliphatic hydroxyl groups excluding tert-OH is 2. The van der Waals surface area contributed by atoms with Crippen molar-refractivity contribution < 1.29 is 24.5 Å². The lowest BCUT2D eigenvalue weighted by atomic mass is 10.0. The largest absolute Gasteiger partial charge is 0.478 e. The van der Waals surface area contributed by atoms with Crippen LogP contribution in [-0.2, 0) is 14.3 Å². The molecule has 27 heavy (non-hydrogen) atoms. The lowest BCUT2D eigenvalue weighted by Crippen LogP contribution is -2.43. The number of nitrogens with zero attached hydrogens (tertiary/aromatic N) is 4. The monoisotopic (exact) mass is 375 g/mol. The molecule has 2 unspecified atom stereocenters. The normalized spacial score (nSPS) is 31.8. The van der Waals surface area contributed by atoms with Gasteiger partial charge in [0, 0.05) is 18.4 Å². The molecule has 1 saturated heterocycles. The van der Waals surface area contributed by atoms with Crippen molar-refractivity contribution in [3.05, 3.63) is 28.5 Å². The number of ether oxygens (including phenoxy) is 2. The van der Waals surface area contributed by atoms with E-state index in [2.05, 4.69) is 15.3 Å². The Bertz CT molecular complexity index is 1010. The van der Waals surface area contributed by atoms with E-state index in [9.17, 15) is 19.8 Å². The quantitative estimate of drug-likeness (QED) is 0.578. The van der Waals surface area contributed by atoms with Crippen LogP contribution in [0.3, 0.4) is 0 Å². The first-order chi connectivity index (χ1) is 13.1. The maximum Gasteiger partial charge on any atom is 0.283 e. The summed E-state index contributed by atoms with van der Waals surface area (Å²) in [6.45, 7) is -0.307. The Labute approximate surface area is 151 Å². The maximum absolute atomic E-state index is 13.0. The number of aldehydes is 1. The number of imidazole rings is 1. The van der Waals surface area contributed by atoms with Gasteiger partial charge in [0.2, 0.25) is 5.95 Å². The van der Waals surface area contributed by atoms with E-state index in [1.54, 1.807) is 4.57 Å². The number of aliphatic hydroxyl groups is 2. The number of allylic oxidation sites excluding steroid dienone is 1. The minimum atomic E-state index is -0.817. The molecule has 5 heterocycles. The predicted octanol–water partition coefficient (Wildman–Crippen LogP) is -0.971. The zero-order valence-electron chi connectivity index (χ0n) is 14.1. The van der Waals surface area contributed by atoms with Crippen molar-refractivity contribution in [1.29, 1.82) is 0 Å². The third-order valence-electron chi connectivity index (χ3n) is 5.25. The number of nitrogens with one attached hydrogen (secondary N) is 1. The second-order valence-electron chi connectivity index (χ2n) is 6.81. The minimum absolute atomic E-state index is 0.140. The van der Waals surface area contributed by atoms with Gasteiger partial charge in [0.15, 0.2) is 23.7 Å². The fraction of sp³-hybridized carbons (Fsp3) is 0.500. The molecule has 0 radical (unpaired) electrons. The highest BCUT2D eigenvalue weighted by Gasteiger charge is 2.38. The Kier molecular flexibility index (Phi) is 3.57. The van der Waals surface area contributed by atoms with Crippen LogP contribution in [0, 0.1) is 0 Å². The zero-order valence-corrected chi connectivity index (χ0v) is 14.1. The summed E-state index contributed by atoms with van der Waals surface area (Å²) in [6, 6.07) is -0.463. The van der Waals surface area contributed by atoms with Gasteiger partial charge in [0.05, 0.1) is 31.3 Å². The van der Waals surface area contributed by atoms with Crippen molar-refractivity contribution in [1.82, 2.24) is 19.1 Å². The lowest BCUT2D eigenvalue weighted by molar-refractivity contribution is -0.105. The van der Waals surface area contributed by atoms with Crippen molar-refractivity contribution >= 4 is 23.4 Å². The van der Waals surface area contributed by atoms with E-state index in [0.717, 1.165) is 0 Å². The number of aromatic nitrogens is 4. The van der Waals surface area contributed by atoms with Crippen LogP contribution in [0.4, 0.5) is 5.95 Å². The molecule has 11 nitrogen and oxygen atoms in total. The number of rotatable bonds is 3. The molecule has 0 spiro atoms. The molecule has 2 aromatic heterocycles. The van der Waals surface area contributed by atoms with Gasteiger partial charge in [-0.2, -0.15) is 4.98 Å². The summed E-state index contributed by atoms with van der Waals surface area (Å²) in [5.74, 6) is 0.278. The predicted molar refractivity (Wildman–Crippen MR) is 89.7 cm³/mol. The van der Waals surface area contributed by atoms with Gasteiger partial charge in [-0.05, 0) is 0 Å². The van der Waals surface area contributed by atoms with Crippen LogP contribution >= 0.6 is 0 Å². The fourth-order valence-electron chi connectivity index (χ4n) is 3.86. The molecule has 5 atom stereocenters. The first-order valence-electron chi connectivity index (χ1n) is 8.61. The topological polar surface area (TPSA) is 141 Å². The van der Waals surface area contributed by atoms with Gasteiger partial charge < -0.3 is 25.0 Å². The Morgan fingerprint density at radius 3 is 3.00 bits per heavy atom. The summed E-state index contributed by atoms with van der Waals surface area (Å²) >= 11 is 0. The maximum atomic E-state index is 13.0. The second-order valence-corrected chi connectivity index (χ2v) is 6.81. The minimum Gasteiger partial charge on any atom is -0.478 e. The van der Waals surface area contributed by atoms with E-state index in [0.29, 0.717) is 23.9 Å². The molecule has 0 amide bonds. The molecule has 2 aromatic rings. The summed E-state index contributed by atoms with van der Waals surface area (Å²) in [7, 11) is 0. The molecule has 142 valence electrons. The fourth-order valence-corrected chi connectivity index (χ4v) is 3.86. The van der Waals surface area contributed by atoms with Crippen LogP contribution in [-0.4, -0.2) is 60.6 Å². The third kappa shape index (κ3) is 2.32. The number of carbonyl (C=O) groups excluding carboxylic acids is 1. The molecule has 11 heteroatoms. The van der Waals surface area contributed by atoms with Gasteiger partial charge in [-0.15, -0.1) is 0 Å². The third-order valence-corrected chi connectivity index (χ3v) is 5.25. The molecule has 3 aliphatic rings. The first-order valence-corrected chi connectivity index (χ1v) is 8.61. The first kappa shape index (κ1) is 16.4. The number of anilines is 1. The average Bonchev–Trinajstić information content (AvgIpc) is 3.25. The van der Waals surface area contributed by atoms with Gasteiger partial charge in [-0.25, -0.2) is 4.98 Å². The summed E-state index contributed by atoms with van der Waals surface area (Å²) < 4.78 is 14.1. The Morgan fingerprint density at radius 2 is 2.26 bits per heavy atom. The van der Waals surface area contributed by atoms with E-state index in [1.807, 2.05) is 0 Å². The number of carbonyl (C=O) groups is 1. The van der Waals surface area contributed by atoms with Gasteiger partial charge in [0.25, 0.3) is 5.56 Å². The molecule has 5 rings (SSSR count). The van der Waals surface area contributed by atoms with Crippen molar-refractivity contribution in [3.8, 4) is 0 Å². The van der Waals surface area contributed by atoms with Gasteiger partial charge in [0.1, 0.15) is 12.3 Å². The number of fused-ring (bicyclic) bond motifs is 5. The Morgan fingerprint density at radius 1 is 1.41 bits per heavy atom. The van der Waals surface area contributed by atoms with Gasteiger partial charge in [-0.1, -0.05) is 0 Å². The molecular formula is C16H17N5O6. The summed E-state index contributed by atoms with van der Waals surface area (Å²) in [4.78, 5) is 33.1. The van der Waals surface area contributed by atoms with E-state index in [1.165, 1.54) is 17.2 Å². The summed E-state index contributed by atoms with van der Waals surface area (Å²) in [5, 5.41) is 22.3. The van der Waals surface area contributed by atoms with Crippen LogP contribution < -0.4 is 10.9 Å².